The Hall–Kier alpha value is -1.21. The van der Waals surface area contributed by atoms with Crippen molar-refractivity contribution in [3.8, 4) is 0 Å². The fourth-order valence-corrected chi connectivity index (χ4v) is 6.14. The fourth-order valence-electron chi connectivity index (χ4n) is 4.42. The van der Waals surface area contributed by atoms with Gasteiger partial charge in [-0.1, -0.05) is 12.1 Å². The number of carbonyl (C=O) groups excluding carboxylic acids is 1. The third kappa shape index (κ3) is 3.05. The summed E-state index contributed by atoms with van der Waals surface area (Å²) in [6.07, 6.45) is 4.08. The van der Waals surface area contributed by atoms with Crippen LogP contribution in [0.4, 0.5) is 0 Å². The van der Waals surface area contributed by atoms with Crippen molar-refractivity contribution in [1.82, 2.24) is 5.32 Å². The van der Waals surface area contributed by atoms with E-state index in [0.29, 0.717) is 27.6 Å². The number of nitrogens with one attached hydrogen (secondary N) is 1. The van der Waals surface area contributed by atoms with Crippen LogP contribution in [0.25, 0.3) is 0 Å². The molecule has 0 bridgehead atoms. The van der Waals surface area contributed by atoms with Gasteiger partial charge in [-0.2, -0.15) is 0 Å². The number of carbonyl (C=O) groups is 1. The zero-order valence-electron chi connectivity index (χ0n) is 14.2. The van der Waals surface area contributed by atoms with Crippen LogP contribution in [-0.4, -0.2) is 30.3 Å². The van der Waals surface area contributed by atoms with Crippen LogP contribution in [-0.2, 0) is 15.1 Å². The van der Waals surface area contributed by atoms with Gasteiger partial charge >= 0.3 is 5.97 Å². The van der Waals surface area contributed by atoms with E-state index in [2.05, 4.69) is 5.32 Å². The molecule has 134 valence electrons. The molecule has 0 aliphatic heterocycles. The van der Waals surface area contributed by atoms with Crippen LogP contribution in [0, 0.1) is 11.8 Å². The Kier molecular flexibility index (Phi) is 4.71. The molecular weight excluding hydrogens is 354 g/mol. The van der Waals surface area contributed by atoms with Gasteiger partial charge in [0.1, 0.15) is 6.10 Å². The van der Waals surface area contributed by atoms with E-state index in [-0.39, 0.29) is 6.10 Å². The third-order valence-corrected chi connectivity index (χ3v) is 7.66. The van der Waals surface area contributed by atoms with Gasteiger partial charge < -0.3 is 15.2 Å². The number of fused-ring (bicyclic) bond motifs is 1. The summed E-state index contributed by atoms with van der Waals surface area (Å²) in [6.45, 7) is 0. The summed E-state index contributed by atoms with van der Waals surface area (Å²) in [5.41, 5.74) is -1.69. The van der Waals surface area contributed by atoms with Gasteiger partial charge in [-0.05, 0) is 67.5 Å². The van der Waals surface area contributed by atoms with Gasteiger partial charge in [0.05, 0.1) is 9.75 Å². The smallest absolute Gasteiger partial charge is 0.349 e. The lowest BCUT2D eigenvalue weighted by molar-refractivity contribution is -0.167. The minimum Gasteiger partial charge on any atom is -0.460 e. The van der Waals surface area contributed by atoms with Gasteiger partial charge in [-0.3, -0.25) is 0 Å². The van der Waals surface area contributed by atoms with Crippen molar-refractivity contribution in [3.05, 3.63) is 44.8 Å². The van der Waals surface area contributed by atoms with Crippen LogP contribution in [0.5, 0.6) is 0 Å². The lowest BCUT2D eigenvalue weighted by atomic mass is 10.00. The highest BCUT2D eigenvalue weighted by Crippen LogP contribution is 2.46. The number of hydrogen-bond acceptors (Lipinski definition) is 6. The molecule has 25 heavy (non-hydrogen) atoms. The molecular formula is C19H23NO3S2. The predicted molar refractivity (Wildman–Crippen MR) is 99.8 cm³/mol. The van der Waals surface area contributed by atoms with Crippen LogP contribution in [0.2, 0.25) is 0 Å². The van der Waals surface area contributed by atoms with E-state index < -0.39 is 11.6 Å². The Morgan fingerprint density at radius 3 is 2.12 bits per heavy atom. The lowest BCUT2D eigenvalue weighted by Gasteiger charge is -2.26. The Labute approximate surface area is 155 Å². The number of aliphatic hydroxyl groups is 1. The summed E-state index contributed by atoms with van der Waals surface area (Å²) in [4.78, 5) is 14.2. The normalized spacial score (nSPS) is 28.9. The molecule has 0 radical (unpaired) electrons. The molecule has 0 unspecified atom stereocenters. The molecule has 2 heterocycles. The van der Waals surface area contributed by atoms with Crippen molar-refractivity contribution < 1.29 is 14.6 Å². The molecule has 2 aromatic heterocycles. The molecule has 2 aromatic rings. The fraction of sp³-hybridized carbons (Fsp3) is 0.526. The van der Waals surface area contributed by atoms with Crippen LogP contribution < -0.4 is 5.32 Å². The van der Waals surface area contributed by atoms with E-state index in [1.165, 1.54) is 22.7 Å². The molecule has 4 rings (SSSR count). The molecule has 0 aromatic carbocycles. The second-order valence-electron chi connectivity index (χ2n) is 7.14. The van der Waals surface area contributed by atoms with Crippen molar-refractivity contribution in [2.24, 2.45) is 11.8 Å². The summed E-state index contributed by atoms with van der Waals surface area (Å²) in [7, 11) is 2.02. The Balaban J connectivity index is 1.50. The molecule has 2 fully saturated rings. The van der Waals surface area contributed by atoms with Gasteiger partial charge in [0.15, 0.2) is 0 Å². The molecule has 0 spiro atoms. The summed E-state index contributed by atoms with van der Waals surface area (Å²) >= 11 is 2.76. The molecule has 4 atom stereocenters. The maximum Gasteiger partial charge on any atom is 0.349 e. The number of rotatable bonds is 5. The van der Waals surface area contributed by atoms with Crippen molar-refractivity contribution in [2.45, 2.75) is 43.4 Å². The molecule has 2 saturated carbocycles. The molecule has 2 aliphatic carbocycles. The summed E-state index contributed by atoms with van der Waals surface area (Å²) in [5, 5.41) is 18.4. The van der Waals surface area contributed by atoms with Gasteiger partial charge in [0.25, 0.3) is 0 Å². The first-order valence-electron chi connectivity index (χ1n) is 8.80. The highest BCUT2D eigenvalue weighted by molar-refractivity contribution is 7.12. The number of thiophene rings is 2. The van der Waals surface area contributed by atoms with Crippen molar-refractivity contribution in [1.29, 1.82) is 0 Å². The summed E-state index contributed by atoms with van der Waals surface area (Å²) < 4.78 is 5.83. The minimum atomic E-state index is -1.69. The molecule has 4 nitrogen and oxygen atoms in total. The number of hydrogen-bond donors (Lipinski definition) is 2. The second kappa shape index (κ2) is 6.83. The monoisotopic (exact) mass is 377 g/mol. The molecule has 0 saturated heterocycles. The Bertz CT molecular complexity index is 665. The quantitative estimate of drug-likeness (QED) is 0.785. The Morgan fingerprint density at radius 1 is 1.12 bits per heavy atom. The Morgan fingerprint density at radius 2 is 1.68 bits per heavy atom. The second-order valence-corrected chi connectivity index (χ2v) is 9.04. The van der Waals surface area contributed by atoms with E-state index in [4.69, 9.17) is 4.74 Å². The summed E-state index contributed by atoms with van der Waals surface area (Å²) in [6, 6.07) is 7.90. The van der Waals surface area contributed by atoms with Crippen LogP contribution >= 0.6 is 22.7 Å². The minimum absolute atomic E-state index is 0.0771. The van der Waals surface area contributed by atoms with Crippen LogP contribution in [0.3, 0.4) is 0 Å². The number of ether oxygens (including phenoxy) is 1. The topological polar surface area (TPSA) is 58.6 Å². The molecule has 0 amide bonds. The first kappa shape index (κ1) is 17.2. The van der Waals surface area contributed by atoms with Gasteiger partial charge in [0.2, 0.25) is 5.60 Å². The zero-order chi connectivity index (χ0) is 17.4. The average molecular weight is 378 g/mol. The van der Waals surface area contributed by atoms with E-state index in [1.807, 2.05) is 29.9 Å². The summed E-state index contributed by atoms with van der Waals surface area (Å²) in [5.74, 6) is 0.728. The first-order chi connectivity index (χ1) is 12.1. The largest absolute Gasteiger partial charge is 0.460 e. The number of esters is 1. The van der Waals surface area contributed by atoms with Gasteiger partial charge in [-0.15, -0.1) is 22.7 Å². The highest BCUT2D eigenvalue weighted by atomic mass is 32.1. The zero-order valence-corrected chi connectivity index (χ0v) is 15.8. The molecule has 6 heteroatoms. The third-order valence-electron chi connectivity index (χ3n) is 5.71. The van der Waals surface area contributed by atoms with E-state index in [9.17, 15) is 9.90 Å². The predicted octanol–water partition coefficient (Wildman–Crippen LogP) is 3.37. The average Bonchev–Trinajstić information content (AvgIpc) is 3.36. The maximum atomic E-state index is 13.0. The maximum absolute atomic E-state index is 13.0. The van der Waals surface area contributed by atoms with E-state index in [0.717, 1.165) is 25.7 Å². The van der Waals surface area contributed by atoms with E-state index in [1.54, 1.807) is 12.1 Å². The standard InChI is InChI=1S/C19H23NO3S2/c1-20-14-8-12-10-15(11-13(12)9-14)23-18(21)19(22,16-4-2-6-24-16)17-5-3-7-25-17/h2-7,12-15,20,22H,8-11H2,1H3/t12-,13+,14+,15+. The molecule has 2 N–H and O–H groups in total. The van der Waals surface area contributed by atoms with Gasteiger partial charge in [0, 0.05) is 6.04 Å². The lowest BCUT2D eigenvalue weighted by Crippen LogP contribution is -2.39. The SMILES string of the molecule is CN[C@H]1C[C@@H]2C[C@H](OC(=O)C(O)(c3cccs3)c3cccs3)C[C@@H]2C1. The van der Waals surface area contributed by atoms with Crippen LogP contribution in [0.1, 0.15) is 35.4 Å². The van der Waals surface area contributed by atoms with Crippen LogP contribution in [0.15, 0.2) is 35.0 Å². The van der Waals surface area contributed by atoms with Crippen molar-refractivity contribution in [2.75, 3.05) is 7.05 Å². The van der Waals surface area contributed by atoms with Crippen molar-refractivity contribution in [3.63, 3.8) is 0 Å². The molecule has 2 aliphatic rings. The first-order valence-corrected chi connectivity index (χ1v) is 10.6. The van der Waals surface area contributed by atoms with Gasteiger partial charge in [-0.25, -0.2) is 4.79 Å². The van der Waals surface area contributed by atoms with Crippen molar-refractivity contribution >= 4 is 28.6 Å². The van der Waals surface area contributed by atoms with E-state index >= 15 is 0 Å². The highest BCUT2D eigenvalue weighted by Gasteiger charge is 2.48.